The molecule has 2 fully saturated rings. The maximum atomic E-state index is 12.4. The zero-order valence-corrected chi connectivity index (χ0v) is 6.32. The van der Waals surface area contributed by atoms with Crippen LogP contribution in [-0.4, -0.2) is 43.0 Å². The maximum absolute atomic E-state index is 12.4. The lowest BCUT2D eigenvalue weighted by molar-refractivity contribution is -0.143. The summed E-state index contributed by atoms with van der Waals surface area (Å²) >= 11 is 0. The Morgan fingerprint density at radius 2 is 2.09 bits per heavy atom. The number of hydrogen-bond donors (Lipinski definition) is 1. The van der Waals surface area contributed by atoms with Crippen LogP contribution in [0, 0.1) is 0 Å². The van der Waals surface area contributed by atoms with E-state index in [1.165, 1.54) is 0 Å². The lowest BCUT2D eigenvalue weighted by Crippen LogP contribution is -2.60. The third-order valence-electron chi connectivity index (χ3n) is 2.42. The second kappa shape index (κ2) is 2.38. The molecule has 1 N–H and O–H groups in total. The molecule has 1 atom stereocenters. The van der Waals surface area contributed by atoms with Crippen LogP contribution in [0.4, 0.5) is 8.78 Å². The number of alkyl halides is 2. The van der Waals surface area contributed by atoms with Gasteiger partial charge in [0.2, 0.25) is 0 Å². The molecule has 64 valence electrons. The van der Waals surface area contributed by atoms with Crippen LogP contribution in [0.15, 0.2) is 0 Å². The highest BCUT2D eigenvalue weighted by molar-refractivity contribution is 4.93. The van der Waals surface area contributed by atoms with Crippen LogP contribution >= 0.6 is 0 Å². The second-order valence-corrected chi connectivity index (χ2v) is 3.41. The number of nitrogens with one attached hydrogen (secondary N) is 1. The summed E-state index contributed by atoms with van der Waals surface area (Å²) in [5.74, 6) is -2.40. The smallest absolute Gasteiger partial charge is 0.272 e. The van der Waals surface area contributed by atoms with Gasteiger partial charge in [-0.2, -0.15) is 0 Å². The zero-order chi connectivity index (χ0) is 7.90. The number of likely N-dealkylation sites (tertiary alicyclic amines) is 1. The van der Waals surface area contributed by atoms with Crippen molar-refractivity contribution in [3.8, 4) is 0 Å². The summed E-state index contributed by atoms with van der Waals surface area (Å²) in [6, 6.07) is 0.370. The summed E-state index contributed by atoms with van der Waals surface area (Å²) in [5.41, 5.74) is 0. The SMILES string of the molecule is FC1(F)CN([C@H]2CCNC2)C1. The molecule has 0 aromatic heterocycles. The van der Waals surface area contributed by atoms with Crippen molar-refractivity contribution in [3.05, 3.63) is 0 Å². The highest BCUT2D eigenvalue weighted by atomic mass is 19.3. The quantitative estimate of drug-likeness (QED) is 0.596. The summed E-state index contributed by atoms with van der Waals surface area (Å²) in [6.07, 6.45) is 1.02. The van der Waals surface area contributed by atoms with Gasteiger partial charge >= 0.3 is 0 Å². The van der Waals surface area contributed by atoms with Crippen molar-refractivity contribution in [1.82, 2.24) is 10.2 Å². The van der Waals surface area contributed by atoms with Crippen molar-refractivity contribution in [1.29, 1.82) is 0 Å². The molecule has 0 radical (unpaired) electrons. The molecule has 0 aliphatic carbocycles. The van der Waals surface area contributed by atoms with Crippen molar-refractivity contribution in [2.75, 3.05) is 26.2 Å². The molecule has 0 unspecified atom stereocenters. The molecule has 0 saturated carbocycles. The molecule has 0 aromatic rings. The summed E-state index contributed by atoms with van der Waals surface area (Å²) in [4.78, 5) is 1.86. The van der Waals surface area contributed by atoms with E-state index in [-0.39, 0.29) is 13.1 Å². The van der Waals surface area contributed by atoms with Crippen LogP contribution in [0.1, 0.15) is 6.42 Å². The molecule has 0 amide bonds. The summed E-state index contributed by atoms with van der Waals surface area (Å²) in [6.45, 7) is 1.81. The Labute approximate surface area is 64.6 Å². The first-order valence-electron chi connectivity index (χ1n) is 4.00. The van der Waals surface area contributed by atoms with Crippen molar-refractivity contribution >= 4 is 0 Å². The molecule has 4 heteroatoms. The lowest BCUT2D eigenvalue weighted by Gasteiger charge is -2.42. The average molecular weight is 162 g/mol. The Balaban J connectivity index is 1.81. The fraction of sp³-hybridized carbons (Fsp3) is 1.00. The highest BCUT2D eigenvalue weighted by Crippen LogP contribution is 2.29. The van der Waals surface area contributed by atoms with E-state index in [1.54, 1.807) is 0 Å². The van der Waals surface area contributed by atoms with E-state index in [2.05, 4.69) is 5.32 Å². The van der Waals surface area contributed by atoms with Crippen molar-refractivity contribution in [3.63, 3.8) is 0 Å². The van der Waals surface area contributed by atoms with E-state index < -0.39 is 5.92 Å². The third kappa shape index (κ3) is 1.37. The van der Waals surface area contributed by atoms with E-state index in [1.807, 2.05) is 4.90 Å². The van der Waals surface area contributed by atoms with Gasteiger partial charge < -0.3 is 5.32 Å². The first kappa shape index (κ1) is 7.43. The van der Waals surface area contributed by atoms with Crippen molar-refractivity contribution in [2.24, 2.45) is 0 Å². The molecule has 0 bridgehead atoms. The van der Waals surface area contributed by atoms with Gasteiger partial charge in [-0.25, -0.2) is 8.78 Å². The van der Waals surface area contributed by atoms with Crippen LogP contribution in [-0.2, 0) is 0 Å². The van der Waals surface area contributed by atoms with Gasteiger partial charge in [0.05, 0.1) is 13.1 Å². The van der Waals surface area contributed by atoms with Gasteiger partial charge in [0, 0.05) is 12.6 Å². The molecule has 2 saturated heterocycles. The standard InChI is InChI=1S/C7H12F2N2/c8-7(9)4-11(5-7)6-1-2-10-3-6/h6,10H,1-5H2/t6-/m0/s1. The van der Waals surface area contributed by atoms with Crippen molar-refractivity contribution in [2.45, 2.75) is 18.4 Å². The molecule has 2 nitrogen and oxygen atoms in total. The normalized spacial score (nSPS) is 37.1. The number of nitrogens with zero attached hydrogens (tertiary/aromatic N) is 1. The van der Waals surface area contributed by atoms with Crippen LogP contribution in [0.3, 0.4) is 0 Å². The molecule has 2 rings (SSSR count). The van der Waals surface area contributed by atoms with E-state index in [4.69, 9.17) is 0 Å². The zero-order valence-electron chi connectivity index (χ0n) is 6.32. The van der Waals surface area contributed by atoms with E-state index in [0.717, 1.165) is 19.5 Å². The van der Waals surface area contributed by atoms with E-state index in [0.29, 0.717) is 6.04 Å². The Morgan fingerprint density at radius 1 is 1.36 bits per heavy atom. The molecular formula is C7H12F2N2. The van der Waals surface area contributed by atoms with Crippen LogP contribution in [0.25, 0.3) is 0 Å². The Kier molecular flexibility index (Phi) is 1.61. The van der Waals surface area contributed by atoms with E-state index in [9.17, 15) is 8.78 Å². The van der Waals surface area contributed by atoms with Crippen molar-refractivity contribution < 1.29 is 8.78 Å². The molecule has 2 aliphatic heterocycles. The predicted molar refractivity (Wildman–Crippen MR) is 37.8 cm³/mol. The molecular weight excluding hydrogens is 150 g/mol. The lowest BCUT2D eigenvalue weighted by atomic mass is 10.1. The maximum Gasteiger partial charge on any atom is 0.272 e. The molecule has 11 heavy (non-hydrogen) atoms. The first-order chi connectivity index (χ1) is 5.17. The fourth-order valence-corrected chi connectivity index (χ4v) is 1.76. The van der Waals surface area contributed by atoms with Gasteiger partial charge in [-0.3, -0.25) is 4.90 Å². The molecule has 0 aromatic carbocycles. The number of halogens is 2. The minimum absolute atomic E-state index is 0.0284. The minimum atomic E-state index is -2.40. The predicted octanol–water partition coefficient (Wildman–Crippen LogP) is 0.299. The monoisotopic (exact) mass is 162 g/mol. The second-order valence-electron chi connectivity index (χ2n) is 3.41. The van der Waals surface area contributed by atoms with Crippen LogP contribution in [0.5, 0.6) is 0 Å². The van der Waals surface area contributed by atoms with Gasteiger partial charge in [0.1, 0.15) is 0 Å². The summed E-state index contributed by atoms with van der Waals surface area (Å²) < 4.78 is 24.8. The molecule has 2 aliphatic rings. The number of hydrogen-bond acceptors (Lipinski definition) is 2. The topological polar surface area (TPSA) is 15.3 Å². The third-order valence-corrected chi connectivity index (χ3v) is 2.42. The van der Waals surface area contributed by atoms with Gasteiger partial charge in [-0.1, -0.05) is 0 Å². The first-order valence-corrected chi connectivity index (χ1v) is 4.00. The Morgan fingerprint density at radius 3 is 2.55 bits per heavy atom. The molecule has 0 spiro atoms. The highest BCUT2D eigenvalue weighted by Gasteiger charge is 2.46. The van der Waals surface area contributed by atoms with Gasteiger partial charge in [-0.05, 0) is 13.0 Å². The van der Waals surface area contributed by atoms with Gasteiger partial charge in [-0.15, -0.1) is 0 Å². The average Bonchev–Trinajstić information content (AvgIpc) is 2.32. The Hall–Kier alpha value is -0.220. The Bertz CT molecular complexity index is 147. The summed E-state index contributed by atoms with van der Waals surface area (Å²) in [5, 5.41) is 3.16. The fourth-order valence-electron chi connectivity index (χ4n) is 1.76. The number of rotatable bonds is 1. The van der Waals surface area contributed by atoms with E-state index >= 15 is 0 Å². The molecule has 2 heterocycles. The van der Waals surface area contributed by atoms with Gasteiger partial charge in [0.25, 0.3) is 5.92 Å². The van der Waals surface area contributed by atoms with Crippen LogP contribution in [0.2, 0.25) is 0 Å². The summed E-state index contributed by atoms with van der Waals surface area (Å²) in [7, 11) is 0. The van der Waals surface area contributed by atoms with Gasteiger partial charge in [0.15, 0.2) is 0 Å². The minimum Gasteiger partial charge on any atom is -0.315 e. The van der Waals surface area contributed by atoms with Crippen LogP contribution < -0.4 is 5.32 Å². The largest absolute Gasteiger partial charge is 0.315 e.